The highest BCUT2D eigenvalue weighted by Gasteiger charge is 2.26. The SMILES string of the molecule is O=C(O)c1cc(S(=O)(=O)Nc2ccccc2Br)cc2c1OCCO2. The number of aromatic carboxylic acids is 1. The second-order valence-corrected chi connectivity index (χ2v) is 7.42. The number of carboxylic acid groups (broad SMARTS) is 1. The molecule has 1 heterocycles. The minimum Gasteiger partial charge on any atom is -0.486 e. The Kier molecular flexibility index (Phi) is 4.37. The smallest absolute Gasteiger partial charge is 0.339 e. The van der Waals surface area contributed by atoms with E-state index in [1.165, 1.54) is 6.07 Å². The van der Waals surface area contributed by atoms with Crippen LogP contribution in [0.1, 0.15) is 10.4 Å². The van der Waals surface area contributed by atoms with Gasteiger partial charge in [-0.05, 0) is 34.1 Å². The maximum absolute atomic E-state index is 12.6. The largest absolute Gasteiger partial charge is 0.486 e. The van der Waals surface area contributed by atoms with Crippen LogP contribution in [0.15, 0.2) is 45.8 Å². The fourth-order valence-electron chi connectivity index (χ4n) is 2.19. The molecule has 1 aliphatic heterocycles. The first-order valence-electron chi connectivity index (χ1n) is 6.83. The number of hydrogen-bond donors (Lipinski definition) is 2. The van der Waals surface area contributed by atoms with Crippen LogP contribution in [0.4, 0.5) is 5.69 Å². The molecule has 0 aromatic heterocycles. The summed E-state index contributed by atoms with van der Waals surface area (Å²) in [6.45, 7) is 0.418. The number of anilines is 1. The van der Waals surface area contributed by atoms with Gasteiger partial charge in [0.05, 0.1) is 10.6 Å². The number of halogens is 1. The summed E-state index contributed by atoms with van der Waals surface area (Å²) in [6, 6.07) is 8.99. The van der Waals surface area contributed by atoms with Crippen LogP contribution in [0, 0.1) is 0 Å². The van der Waals surface area contributed by atoms with Gasteiger partial charge in [-0.25, -0.2) is 13.2 Å². The first-order valence-corrected chi connectivity index (χ1v) is 9.10. The van der Waals surface area contributed by atoms with Crippen LogP contribution < -0.4 is 14.2 Å². The van der Waals surface area contributed by atoms with Crippen molar-refractivity contribution in [3.8, 4) is 11.5 Å². The van der Waals surface area contributed by atoms with Gasteiger partial charge in [0, 0.05) is 10.5 Å². The Bertz CT molecular complexity index is 912. The maximum atomic E-state index is 12.6. The maximum Gasteiger partial charge on any atom is 0.339 e. The molecule has 2 aromatic rings. The number of fused-ring (bicyclic) bond motifs is 1. The van der Waals surface area contributed by atoms with Crippen LogP contribution in [-0.2, 0) is 10.0 Å². The summed E-state index contributed by atoms with van der Waals surface area (Å²) in [7, 11) is -4.00. The van der Waals surface area contributed by atoms with Crippen LogP contribution >= 0.6 is 15.9 Å². The normalized spacial score (nSPS) is 13.4. The van der Waals surface area contributed by atoms with Gasteiger partial charge in [-0.3, -0.25) is 4.72 Å². The number of carboxylic acids is 1. The van der Waals surface area contributed by atoms with Crippen LogP contribution in [-0.4, -0.2) is 32.7 Å². The standard InChI is InChI=1S/C15H12BrNO6S/c16-11-3-1-2-4-12(11)17-24(20,21)9-7-10(15(18)19)14-13(8-9)22-5-6-23-14/h1-4,7-8,17H,5-6H2,(H,18,19). The van der Waals surface area contributed by atoms with Gasteiger partial charge in [-0.1, -0.05) is 12.1 Å². The number of ether oxygens (including phenoxy) is 2. The fraction of sp³-hybridized carbons (Fsp3) is 0.133. The average Bonchev–Trinajstić information content (AvgIpc) is 2.55. The molecule has 2 N–H and O–H groups in total. The number of para-hydroxylation sites is 1. The molecule has 0 fully saturated rings. The van der Waals surface area contributed by atoms with E-state index in [0.29, 0.717) is 10.2 Å². The van der Waals surface area contributed by atoms with E-state index in [0.717, 1.165) is 6.07 Å². The number of sulfonamides is 1. The van der Waals surface area contributed by atoms with E-state index < -0.39 is 16.0 Å². The van der Waals surface area contributed by atoms with Gasteiger partial charge in [-0.2, -0.15) is 0 Å². The molecular weight excluding hydrogens is 402 g/mol. The quantitative estimate of drug-likeness (QED) is 0.798. The summed E-state index contributed by atoms with van der Waals surface area (Å²) in [5.41, 5.74) is 0.0731. The number of rotatable bonds is 4. The van der Waals surface area contributed by atoms with E-state index in [2.05, 4.69) is 20.7 Å². The van der Waals surface area contributed by atoms with Crippen molar-refractivity contribution < 1.29 is 27.8 Å². The monoisotopic (exact) mass is 413 g/mol. The summed E-state index contributed by atoms with van der Waals surface area (Å²) in [5, 5.41) is 9.31. The average molecular weight is 414 g/mol. The lowest BCUT2D eigenvalue weighted by Crippen LogP contribution is -2.20. The van der Waals surface area contributed by atoms with Crippen LogP contribution in [0.25, 0.3) is 0 Å². The van der Waals surface area contributed by atoms with Gasteiger partial charge < -0.3 is 14.6 Å². The molecule has 0 radical (unpaired) electrons. The first-order chi connectivity index (χ1) is 11.4. The Morgan fingerprint density at radius 1 is 1.17 bits per heavy atom. The number of benzene rings is 2. The van der Waals surface area contributed by atoms with Crippen molar-refractivity contribution in [1.82, 2.24) is 0 Å². The number of nitrogens with one attached hydrogen (secondary N) is 1. The molecule has 3 rings (SSSR count). The first kappa shape index (κ1) is 16.6. The van der Waals surface area contributed by atoms with E-state index in [9.17, 15) is 18.3 Å². The van der Waals surface area contributed by atoms with Crippen molar-refractivity contribution in [3.63, 3.8) is 0 Å². The topological polar surface area (TPSA) is 102 Å². The van der Waals surface area contributed by atoms with Gasteiger partial charge in [0.1, 0.15) is 18.8 Å². The lowest BCUT2D eigenvalue weighted by molar-refractivity contribution is 0.0685. The number of hydrogen-bond acceptors (Lipinski definition) is 5. The molecule has 0 saturated heterocycles. The van der Waals surface area contributed by atoms with Gasteiger partial charge in [0.2, 0.25) is 0 Å². The molecule has 0 amide bonds. The van der Waals surface area contributed by atoms with Crippen LogP contribution in [0.2, 0.25) is 0 Å². The Labute approximate surface area is 146 Å². The lowest BCUT2D eigenvalue weighted by atomic mass is 10.2. The molecule has 24 heavy (non-hydrogen) atoms. The zero-order valence-corrected chi connectivity index (χ0v) is 14.6. The number of carbonyl (C=O) groups is 1. The molecule has 1 aliphatic rings. The third kappa shape index (κ3) is 3.17. The third-order valence-corrected chi connectivity index (χ3v) is 5.31. The minimum atomic E-state index is -4.00. The van der Waals surface area contributed by atoms with Gasteiger partial charge in [-0.15, -0.1) is 0 Å². The zero-order chi connectivity index (χ0) is 17.3. The second kappa shape index (κ2) is 6.33. The van der Waals surface area contributed by atoms with Crippen LogP contribution in [0.5, 0.6) is 11.5 Å². The molecule has 0 bridgehead atoms. The van der Waals surface area contributed by atoms with Gasteiger partial charge in [0.15, 0.2) is 11.5 Å². The summed E-state index contributed by atoms with van der Waals surface area (Å²) in [4.78, 5) is 11.2. The second-order valence-electron chi connectivity index (χ2n) is 4.89. The molecule has 0 unspecified atom stereocenters. The summed E-state index contributed by atoms with van der Waals surface area (Å²) in [6.07, 6.45) is 0. The molecule has 7 nitrogen and oxygen atoms in total. The molecule has 0 saturated carbocycles. The highest BCUT2D eigenvalue weighted by Crippen LogP contribution is 2.37. The predicted molar refractivity (Wildman–Crippen MR) is 89.3 cm³/mol. The van der Waals surface area contributed by atoms with E-state index in [-0.39, 0.29) is 35.2 Å². The molecule has 9 heteroatoms. The molecule has 2 aromatic carbocycles. The van der Waals surface area contributed by atoms with Crippen molar-refractivity contribution in [3.05, 3.63) is 46.4 Å². The molecular formula is C15H12BrNO6S. The Morgan fingerprint density at radius 3 is 2.58 bits per heavy atom. The molecule has 0 atom stereocenters. The van der Waals surface area contributed by atoms with E-state index in [1.807, 2.05) is 0 Å². The van der Waals surface area contributed by atoms with Crippen LogP contribution in [0.3, 0.4) is 0 Å². The lowest BCUT2D eigenvalue weighted by Gasteiger charge is -2.21. The highest BCUT2D eigenvalue weighted by atomic mass is 79.9. The summed E-state index contributed by atoms with van der Waals surface area (Å²) < 4.78 is 38.8. The summed E-state index contributed by atoms with van der Waals surface area (Å²) >= 11 is 3.25. The van der Waals surface area contributed by atoms with Crippen molar-refractivity contribution in [2.24, 2.45) is 0 Å². The van der Waals surface area contributed by atoms with Gasteiger partial charge >= 0.3 is 5.97 Å². The predicted octanol–water partition coefficient (Wildman–Crippen LogP) is 2.72. The summed E-state index contributed by atoms with van der Waals surface area (Å²) in [5.74, 6) is -1.17. The molecule has 126 valence electrons. The van der Waals surface area contributed by atoms with Crippen molar-refractivity contribution >= 4 is 37.6 Å². The molecule has 0 spiro atoms. The van der Waals surface area contributed by atoms with Crippen molar-refractivity contribution in [1.29, 1.82) is 0 Å². The van der Waals surface area contributed by atoms with E-state index >= 15 is 0 Å². The Balaban J connectivity index is 2.06. The Morgan fingerprint density at radius 2 is 1.88 bits per heavy atom. The highest BCUT2D eigenvalue weighted by molar-refractivity contribution is 9.10. The third-order valence-electron chi connectivity index (χ3n) is 3.27. The Hall–Kier alpha value is -2.26. The van der Waals surface area contributed by atoms with E-state index in [4.69, 9.17) is 9.47 Å². The van der Waals surface area contributed by atoms with Crippen molar-refractivity contribution in [2.75, 3.05) is 17.9 Å². The minimum absolute atomic E-state index is 0.0357. The van der Waals surface area contributed by atoms with Crippen molar-refractivity contribution in [2.45, 2.75) is 4.90 Å². The zero-order valence-electron chi connectivity index (χ0n) is 12.2. The molecule has 0 aliphatic carbocycles. The fourth-order valence-corrected chi connectivity index (χ4v) is 3.83. The van der Waals surface area contributed by atoms with E-state index in [1.54, 1.807) is 24.3 Å². The van der Waals surface area contributed by atoms with Gasteiger partial charge in [0.25, 0.3) is 10.0 Å².